The Kier molecular flexibility index (Phi) is 4.60. The van der Waals surface area contributed by atoms with E-state index in [0.29, 0.717) is 29.2 Å². The number of amides is 1. The summed E-state index contributed by atoms with van der Waals surface area (Å²) in [5.41, 5.74) is 5.42. The molecule has 0 bridgehead atoms. The van der Waals surface area contributed by atoms with E-state index in [1.807, 2.05) is 32.0 Å². The second-order valence-electron chi connectivity index (χ2n) is 7.26. The van der Waals surface area contributed by atoms with Crippen molar-refractivity contribution in [2.75, 3.05) is 0 Å². The molecule has 27 heavy (non-hydrogen) atoms. The van der Waals surface area contributed by atoms with E-state index in [-0.39, 0.29) is 5.91 Å². The number of hydrogen-bond acceptors (Lipinski definition) is 3. The van der Waals surface area contributed by atoms with E-state index in [9.17, 15) is 9.18 Å². The van der Waals surface area contributed by atoms with E-state index >= 15 is 0 Å². The van der Waals surface area contributed by atoms with Crippen molar-refractivity contribution in [1.29, 1.82) is 0 Å². The molecule has 2 aromatic heterocycles. The van der Waals surface area contributed by atoms with Crippen LogP contribution in [-0.4, -0.2) is 15.9 Å². The first-order chi connectivity index (χ1) is 13.1. The maximum Gasteiger partial charge on any atom is 0.270 e. The molecule has 1 saturated carbocycles. The van der Waals surface area contributed by atoms with E-state index < -0.39 is 6.67 Å². The third kappa shape index (κ3) is 3.54. The zero-order valence-electron chi connectivity index (χ0n) is 15.6. The average Bonchev–Trinajstić information content (AvgIpc) is 3.51. The number of hydrogen-bond donors (Lipinski definition) is 1. The molecular formula is C22H22FN3O. The minimum atomic E-state index is -0.582. The Labute approximate surface area is 157 Å². The number of benzene rings is 1. The topological polar surface area (TPSA) is 54.9 Å². The van der Waals surface area contributed by atoms with Crippen molar-refractivity contribution in [1.82, 2.24) is 15.3 Å². The van der Waals surface area contributed by atoms with Gasteiger partial charge in [0.2, 0.25) is 0 Å². The molecule has 4 nitrogen and oxygen atoms in total. The van der Waals surface area contributed by atoms with Gasteiger partial charge in [0, 0.05) is 17.1 Å². The van der Waals surface area contributed by atoms with Crippen LogP contribution in [0.5, 0.6) is 0 Å². The standard InChI is InChI=1S/C22H22FN3O/c1-13-4-3-7-24-20(13)12-25-22(27)19-8-14(2)18-10-16(15-5-6-15)9-17(11-23)21(18)26-19/h3-4,7-10,15H,5-6,11-12H2,1-2H3,(H,25,27). The van der Waals surface area contributed by atoms with E-state index in [2.05, 4.69) is 21.4 Å². The molecular weight excluding hydrogens is 341 g/mol. The molecule has 0 saturated heterocycles. The fraction of sp³-hybridized carbons (Fsp3) is 0.318. The molecule has 3 aromatic rings. The summed E-state index contributed by atoms with van der Waals surface area (Å²) in [5, 5.41) is 3.80. The molecule has 1 aliphatic rings. The third-order valence-corrected chi connectivity index (χ3v) is 5.18. The number of alkyl halides is 1. The number of carbonyl (C=O) groups excluding carboxylic acids is 1. The van der Waals surface area contributed by atoms with Crippen LogP contribution < -0.4 is 5.32 Å². The summed E-state index contributed by atoms with van der Waals surface area (Å²) in [6.45, 7) is 3.66. The molecule has 5 heteroatoms. The highest BCUT2D eigenvalue weighted by atomic mass is 19.1. The predicted molar refractivity (Wildman–Crippen MR) is 103 cm³/mol. The molecule has 2 heterocycles. The number of nitrogens with zero attached hydrogens (tertiary/aromatic N) is 2. The van der Waals surface area contributed by atoms with Gasteiger partial charge in [-0.3, -0.25) is 9.78 Å². The molecule has 1 aromatic carbocycles. The van der Waals surface area contributed by atoms with Crippen molar-refractivity contribution >= 4 is 16.8 Å². The van der Waals surface area contributed by atoms with Crippen LogP contribution in [0.3, 0.4) is 0 Å². The Balaban J connectivity index is 1.64. The number of aryl methyl sites for hydroxylation is 2. The Hall–Kier alpha value is -2.82. The summed E-state index contributed by atoms with van der Waals surface area (Å²) < 4.78 is 13.6. The molecule has 1 aliphatic carbocycles. The number of fused-ring (bicyclic) bond motifs is 1. The minimum absolute atomic E-state index is 0.277. The van der Waals surface area contributed by atoms with Crippen LogP contribution in [0.4, 0.5) is 4.39 Å². The van der Waals surface area contributed by atoms with Crippen LogP contribution in [0.15, 0.2) is 36.5 Å². The number of rotatable bonds is 5. The van der Waals surface area contributed by atoms with Crippen LogP contribution in [0, 0.1) is 13.8 Å². The molecule has 0 aliphatic heterocycles. The van der Waals surface area contributed by atoms with Gasteiger partial charge in [0.15, 0.2) is 0 Å². The summed E-state index contributed by atoms with van der Waals surface area (Å²) in [6, 6.07) is 9.61. The lowest BCUT2D eigenvalue weighted by atomic mass is 9.99. The Morgan fingerprint density at radius 3 is 2.74 bits per heavy atom. The van der Waals surface area contributed by atoms with Gasteiger partial charge in [0.05, 0.1) is 17.8 Å². The molecule has 0 atom stereocenters. The summed E-state index contributed by atoms with van der Waals surface area (Å²) >= 11 is 0. The van der Waals surface area contributed by atoms with Crippen LogP contribution in [0.2, 0.25) is 0 Å². The molecule has 0 unspecified atom stereocenters. The van der Waals surface area contributed by atoms with Crippen LogP contribution in [0.25, 0.3) is 10.9 Å². The van der Waals surface area contributed by atoms with Gasteiger partial charge in [-0.25, -0.2) is 9.37 Å². The smallest absolute Gasteiger partial charge is 0.270 e. The fourth-order valence-electron chi connectivity index (χ4n) is 3.42. The Morgan fingerprint density at radius 1 is 1.22 bits per heavy atom. The third-order valence-electron chi connectivity index (χ3n) is 5.18. The van der Waals surface area contributed by atoms with Gasteiger partial charge < -0.3 is 5.32 Å². The van der Waals surface area contributed by atoms with Crippen LogP contribution in [-0.2, 0) is 13.2 Å². The Bertz CT molecular complexity index is 1030. The lowest BCUT2D eigenvalue weighted by molar-refractivity contribution is 0.0945. The van der Waals surface area contributed by atoms with E-state index in [4.69, 9.17) is 0 Å². The second-order valence-corrected chi connectivity index (χ2v) is 7.26. The van der Waals surface area contributed by atoms with Crippen LogP contribution >= 0.6 is 0 Å². The van der Waals surface area contributed by atoms with Gasteiger partial charge in [-0.1, -0.05) is 12.1 Å². The number of aromatic nitrogens is 2. The fourth-order valence-corrected chi connectivity index (χ4v) is 3.42. The SMILES string of the molecule is Cc1cccnc1CNC(=O)c1cc(C)c2cc(C3CC3)cc(CF)c2n1. The van der Waals surface area contributed by atoms with Gasteiger partial charge in [0.1, 0.15) is 12.4 Å². The van der Waals surface area contributed by atoms with E-state index in [1.165, 1.54) is 5.56 Å². The van der Waals surface area contributed by atoms with Crippen molar-refractivity contribution in [3.63, 3.8) is 0 Å². The largest absolute Gasteiger partial charge is 0.345 e. The van der Waals surface area contributed by atoms with E-state index in [0.717, 1.165) is 35.0 Å². The zero-order chi connectivity index (χ0) is 19.0. The summed E-state index contributed by atoms with van der Waals surface area (Å²) in [4.78, 5) is 21.4. The normalized spacial score (nSPS) is 13.7. The molecule has 1 fully saturated rings. The summed E-state index contributed by atoms with van der Waals surface area (Å²) in [5.74, 6) is 0.268. The van der Waals surface area contributed by atoms with Gasteiger partial charge in [-0.2, -0.15) is 0 Å². The summed E-state index contributed by atoms with van der Waals surface area (Å²) in [6.07, 6.45) is 4.03. The first-order valence-corrected chi connectivity index (χ1v) is 9.25. The molecule has 0 spiro atoms. The number of halogens is 1. The first kappa shape index (κ1) is 17.6. The molecule has 4 rings (SSSR count). The predicted octanol–water partition coefficient (Wildman–Crippen LogP) is 4.52. The maximum absolute atomic E-state index is 13.6. The molecule has 0 radical (unpaired) electrons. The molecule has 1 amide bonds. The van der Waals surface area contributed by atoms with Crippen molar-refractivity contribution in [2.24, 2.45) is 0 Å². The monoisotopic (exact) mass is 363 g/mol. The molecule has 1 N–H and O–H groups in total. The highest BCUT2D eigenvalue weighted by Crippen LogP contribution is 2.42. The van der Waals surface area contributed by atoms with Crippen molar-refractivity contribution in [3.05, 3.63) is 70.2 Å². The second kappa shape index (κ2) is 7.06. The average molecular weight is 363 g/mol. The van der Waals surface area contributed by atoms with E-state index in [1.54, 1.807) is 12.3 Å². The van der Waals surface area contributed by atoms with Crippen molar-refractivity contribution in [3.8, 4) is 0 Å². The van der Waals surface area contributed by atoms with Crippen molar-refractivity contribution < 1.29 is 9.18 Å². The molecule has 138 valence electrons. The highest BCUT2D eigenvalue weighted by molar-refractivity contribution is 5.96. The van der Waals surface area contributed by atoms with Crippen molar-refractivity contribution in [2.45, 2.75) is 45.8 Å². The lowest BCUT2D eigenvalue weighted by Gasteiger charge is -2.12. The Morgan fingerprint density at radius 2 is 2.04 bits per heavy atom. The van der Waals surface area contributed by atoms with Gasteiger partial charge >= 0.3 is 0 Å². The van der Waals surface area contributed by atoms with Gasteiger partial charge in [-0.05, 0) is 67.5 Å². The summed E-state index contributed by atoms with van der Waals surface area (Å²) in [7, 11) is 0. The lowest BCUT2D eigenvalue weighted by Crippen LogP contribution is -2.25. The maximum atomic E-state index is 13.6. The van der Waals surface area contributed by atoms with Crippen LogP contribution in [0.1, 0.15) is 57.2 Å². The number of pyridine rings is 2. The number of carbonyl (C=O) groups is 1. The van der Waals surface area contributed by atoms with Gasteiger partial charge in [-0.15, -0.1) is 0 Å². The minimum Gasteiger partial charge on any atom is -0.345 e. The van der Waals surface area contributed by atoms with Gasteiger partial charge in [0.25, 0.3) is 5.91 Å². The first-order valence-electron chi connectivity index (χ1n) is 9.25. The number of nitrogens with one attached hydrogen (secondary N) is 1. The highest BCUT2D eigenvalue weighted by Gasteiger charge is 2.25. The quantitative estimate of drug-likeness (QED) is 0.725. The zero-order valence-corrected chi connectivity index (χ0v) is 15.6.